The molecular formula is C25H23N3O3. The van der Waals surface area contributed by atoms with E-state index in [1.54, 1.807) is 24.3 Å². The molecule has 1 atom stereocenters. The fourth-order valence-electron chi connectivity index (χ4n) is 3.68. The van der Waals surface area contributed by atoms with Gasteiger partial charge < -0.3 is 10.1 Å². The van der Waals surface area contributed by atoms with Crippen molar-refractivity contribution in [1.29, 1.82) is 0 Å². The number of carbonyl (C=O) groups is 2. The highest BCUT2D eigenvalue weighted by molar-refractivity contribution is 6.02. The van der Waals surface area contributed by atoms with Crippen molar-refractivity contribution < 1.29 is 14.3 Å². The zero-order valence-corrected chi connectivity index (χ0v) is 17.6. The highest BCUT2D eigenvalue weighted by Crippen LogP contribution is 2.29. The van der Waals surface area contributed by atoms with E-state index in [9.17, 15) is 9.59 Å². The number of carbonyl (C=O) groups excluding carboxylic acids is 2. The van der Waals surface area contributed by atoms with Gasteiger partial charge in [0.1, 0.15) is 0 Å². The number of hydrogen-bond donors (Lipinski definition) is 2. The van der Waals surface area contributed by atoms with E-state index in [0.29, 0.717) is 11.4 Å². The van der Waals surface area contributed by atoms with Gasteiger partial charge in [-0.3, -0.25) is 14.7 Å². The first-order valence-corrected chi connectivity index (χ1v) is 10.0. The maximum Gasteiger partial charge on any atom is 0.303 e. The maximum absolute atomic E-state index is 12.9. The number of aryl methyl sites for hydroxylation is 2. The summed E-state index contributed by atoms with van der Waals surface area (Å²) in [6, 6.07) is 21.2. The van der Waals surface area contributed by atoms with Gasteiger partial charge in [0.2, 0.25) is 6.10 Å². The molecular weight excluding hydrogens is 390 g/mol. The van der Waals surface area contributed by atoms with Gasteiger partial charge >= 0.3 is 5.97 Å². The Kier molecular flexibility index (Phi) is 5.54. The van der Waals surface area contributed by atoms with Gasteiger partial charge in [-0.05, 0) is 37.1 Å². The summed E-state index contributed by atoms with van der Waals surface area (Å²) < 4.78 is 5.27. The summed E-state index contributed by atoms with van der Waals surface area (Å²) in [5.74, 6) is -0.609. The molecule has 3 aromatic carbocycles. The van der Waals surface area contributed by atoms with Gasteiger partial charge in [-0.25, -0.2) is 0 Å². The molecule has 0 bridgehead atoms. The van der Waals surface area contributed by atoms with Crippen molar-refractivity contribution in [3.05, 3.63) is 83.4 Å². The van der Waals surface area contributed by atoms with E-state index in [1.165, 1.54) is 18.1 Å². The predicted octanol–water partition coefficient (Wildman–Crippen LogP) is 5.09. The van der Waals surface area contributed by atoms with Crippen molar-refractivity contribution in [2.24, 2.45) is 0 Å². The summed E-state index contributed by atoms with van der Waals surface area (Å²) in [5.41, 5.74) is 5.97. The zero-order valence-electron chi connectivity index (χ0n) is 17.6. The minimum absolute atomic E-state index is 0.389. The Morgan fingerprint density at radius 2 is 1.65 bits per heavy atom. The third-order valence-corrected chi connectivity index (χ3v) is 4.98. The Morgan fingerprint density at radius 3 is 2.32 bits per heavy atom. The number of anilines is 1. The van der Waals surface area contributed by atoms with Gasteiger partial charge in [0, 0.05) is 17.9 Å². The number of nitrogens with one attached hydrogen (secondary N) is 2. The zero-order chi connectivity index (χ0) is 22.0. The van der Waals surface area contributed by atoms with E-state index < -0.39 is 18.0 Å². The number of benzene rings is 3. The molecule has 31 heavy (non-hydrogen) atoms. The van der Waals surface area contributed by atoms with E-state index in [1.807, 2.05) is 24.3 Å². The number of fused-ring (bicyclic) bond motifs is 1. The molecule has 0 spiro atoms. The quantitative estimate of drug-likeness (QED) is 0.446. The van der Waals surface area contributed by atoms with Gasteiger partial charge in [0.05, 0.1) is 5.52 Å². The second-order valence-electron chi connectivity index (χ2n) is 7.60. The van der Waals surface area contributed by atoms with Gasteiger partial charge in [-0.2, -0.15) is 5.10 Å². The lowest BCUT2D eigenvalue weighted by molar-refractivity contribution is -0.152. The summed E-state index contributed by atoms with van der Waals surface area (Å²) in [4.78, 5) is 24.5. The van der Waals surface area contributed by atoms with Crippen LogP contribution in [0.5, 0.6) is 0 Å². The van der Waals surface area contributed by atoms with Crippen LogP contribution < -0.4 is 5.32 Å². The van der Waals surface area contributed by atoms with Crippen LogP contribution in [0.25, 0.3) is 22.0 Å². The standard InChI is InChI=1S/C25H23N3O3/c1-15-11-16(2)13-20(12-15)19-9-10-21-22(14-19)27-28-24(21)26-25(30)23(31-17(3)29)18-7-5-4-6-8-18/h4-14,23H,1-3H3,(H2,26,27,28,30). The molecule has 6 heteroatoms. The average molecular weight is 413 g/mol. The molecule has 0 aliphatic heterocycles. The van der Waals surface area contributed by atoms with Crippen molar-refractivity contribution in [2.75, 3.05) is 5.32 Å². The third-order valence-electron chi connectivity index (χ3n) is 4.98. The molecule has 4 aromatic rings. The van der Waals surface area contributed by atoms with Crippen LogP contribution in [-0.2, 0) is 14.3 Å². The Bertz CT molecular complexity index is 1240. The van der Waals surface area contributed by atoms with Crippen molar-refractivity contribution in [3.8, 4) is 11.1 Å². The number of aromatic amines is 1. The van der Waals surface area contributed by atoms with Crippen LogP contribution in [-0.4, -0.2) is 22.1 Å². The number of amides is 1. The van der Waals surface area contributed by atoms with Gasteiger partial charge in [0.15, 0.2) is 5.82 Å². The molecule has 0 aliphatic carbocycles. The van der Waals surface area contributed by atoms with Crippen LogP contribution in [0.1, 0.15) is 29.7 Å². The lowest BCUT2D eigenvalue weighted by atomic mass is 10.00. The van der Waals surface area contributed by atoms with Crippen molar-refractivity contribution in [3.63, 3.8) is 0 Å². The molecule has 0 radical (unpaired) electrons. The number of aromatic nitrogens is 2. The smallest absolute Gasteiger partial charge is 0.303 e. The first kappa shape index (κ1) is 20.3. The van der Waals surface area contributed by atoms with Crippen LogP contribution in [0.15, 0.2) is 66.7 Å². The van der Waals surface area contributed by atoms with E-state index in [0.717, 1.165) is 22.0 Å². The fourth-order valence-corrected chi connectivity index (χ4v) is 3.68. The summed E-state index contributed by atoms with van der Waals surface area (Å²) >= 11 is 0. The third kappa shape index (κ3) is 4.48. The van der Waals surface area contributed by atoms with E-state index in [-0.39, 0.29) is 0 Å². The Morgan fingerprint density at radius 1 is 0.935 bits per heavy atom. The first-order valence-electron chi connectivity index (χ1n) is 10.0. The molecule has 156 valence electrons. The molecule has 0 saturated carbocycles. The van der Waals surface area contributed by atoms with Crippen molar-refractivity contribution >= 4 is 28.6 Å². The van der Waals surface area contributed by atoms with E-state index in [2.05, 4.69) is 47.6 Å². The number of H-pyrrole nitrogens is 1. The van der Waals surface area contributed by atoms with Gasteiger partial charge in [0.25, 0.3) is 5.91 Å². The molecule has 0 fully saturated rings. The lowest BCUT2D eigenvalue weighted by Gasteiger charge is -2.16. The molecule has 1 amide bonds. The minimum Gasteiger partial charge on any atom is -0.447 e. The summed E-state index contributed by atoms with van der Waals surface area (Å²) in [6.07, 6.45) is -1.06. The van der Waals surface area contributed by atoms with Gasteiger partial charge in [-0.1, -0.05) is 65.7 Å². The molecule has 1 heterocycles. The number of esters is 1. The number of ether oxygens (including phenoxy) is 1. The molecule has 6 nitrogen and oxygen atoms in total. The van der Waals surface area contributed by atoms with Crippen LogP contribution in [0, 0.1) is 13.8 Å². The van der Waals surface area contributed by atoms with Crippen LogP contribution >= 0.6 is 0 Å². The number of rotatable bonds is 5. The van der Waals surface area contributed by atoms with Crippen LogP contribution in [0.4, 0.5) is 5.82 Å². The summed E-state index contributed by atoms with van der Waals surface area (Å²) in [7, 11) is 0. The Balaban J connectivity index is 1.62. The molecule has 2 N–H and O–H groups in total. The van der Waals surface area contributed by atoms with Crippen LogP contribution in [0.3, 0.4) is 0 Å². The fraction of sp³-hybridized carbons (Fsp3) is 0.160. The molecule has 0 saturated heterocycles. The SMILES string of the molecule is CC(=O)OC(C(=O)Nc1n[nH]c2cc(-c3cc(C)cc(C)c3)ccc12)c1ccccc1. The Hall–Kier alpha value is -3.93. The number of nitrogens with zero attached hydrogens (tertiary/aromatic N) is 1. The summed E-state index contributed by atoms with van der Waals surface area (Å²) in [6.45, 7) is 5.43. The van der Waals surface area contributed by atoms with Crippen molar-refractivity contribution in [1.82, 2.24) is 10.2 Å². The maximum atomic E-state index is 12.9. The normalized spacial score (nSPS) is 11.8. The molecule has 4 rings (SSSR count). The van der Waals surface area contributed by atoms with Crippen molar-refractivity contribution in [2.45, 2.75) is 26.9 Å². The molecule has 0 aliphatic rings. The second-order valence-corrected chi connectivity index (χ2v) is 7.60. The predicted molar refractivity (Wildman–Crippen MR) is 121 cm³/mol. The Labute approximate surface area is 180 Å². The second kappa shape index (κ2) is 8.44. The van der Waals surface area contributed by atoms with Crippen LogP contribution in [0.2, 0.25) is 0 Å². The van der Waals surface area contributed by atoms with E-state index in [4.69, 9.17) is 4.74 Å². The molecule has 1 unspecified atom stereocenters. The van der Waals surface area contributed by atoms with E-state index >= 15 is 0 Å². The minimum atomic E-state index is -1.06. The number of hydrogen-bond acceptors (Lipinski definition) is 4. The first-order chi connectivity index (χ1) is 14.9. The molecule has 1 aromatic heterocycles. The van der Waals surface area contributed by atoms with Gasteiger partial charge in [-0.15, -0.1) is 0 Å². The average Bonchev–Trinajstić information content (AvgIpc) is 3.13. The topological polar surface area (TPSA) is 84.1 Å². The monoisotopic (exact) mass is 413 g/mol. The summed E-state index contributed by atoms with van der Waals surface area (Å²) in [5, 5.41) is 10.8. The lowest BCUT2D eigenvalue weighted by Crippen LogP contribution is -2.25. The highest BCUT2D eigenvalue weighted by Gasteiger charge is 2.25. The highest BCUT2D eigenvalue weighted by atomic mass is 16.5. The largest absolute Gasteiger partial charge is 0.447 e.